The van der Waals surface area contributed by atoms with Crippen LogP contribution in [0.25, 0.3) is 0 Å². The van der Waals surface area contributed by atoms with Crippen molar-refractivity contribution in [3.05, 3.63) is 59.2 Å². The Morgan fingerprint density at radius 1 is 1.25 bits per heavy atom. The Kier molecular flexibility index (Phi) is 4.01. The molecule has 0 bridgehead atoms. The van der Waals surface area contributed by atoms with Crippen LogP contribution in [-0.2, 0) is 17.3 Å². The van der Waals surface area contributed by atoms with Crippen LogP contribution in [0.3, 0.4) is 0 Å². The second-order valence-corrected chi connectivity index (χ2v) is 5.73. The number of hydrogen-bond acceptors (Lipinski definition) is 3. The van der Waals surface area contributed by atoms with Gasteiger partial charge in [0.1, 0.15) is 5.75 Å². The van der Waals surface area contributed by atoms with E-state index in [0.717, 1.165) is 4.90 Å². The number of amides is 1. The summed E-state index contributed by atoms with van der Waals surface area (Å²) in [7, 11) is 1.51. The highest BCUT2D eigenvalue weighted by molar-refractivity contribution is 6.06. The zero-order valence-corrected chi connectivity index (χ0v) is 13.3. The van der Waals surface area contributed by atoms with Crippen molar-refractivity contribution in [2.45, 2.75) is 25.5 Å². The monoisotopic (exact) mass is 333 g/mol. The van der Waals surface area contributed by atoms with E-state index in [9.17, 15) is 18.7 Å². The highest BCUT2D eigenvalue weighted by atomic mass is 19.3. The topological polar surface area (TPSA) is 49.8 Å². The van der Waals surface area contributed by atoms with Crippen LogP contribution in [0.4, 0.5) is 14.5 Å². The van der Waals surface area contributed by atoms with Gasteiger partial charge in [-0.25, -0.2) is 0 Å². The average molecular weight is 333 g/mol. The molecule has 1 N–H and O–H groups in total. The number of anilines is 1. The molecule has 3 rings (SSSR count). The number of fused-ring (bicyclic) bond motifs is 1. The largest absolute Gasteiger partial charge is 0.497 e. The van der Waals surface area contributed by atoms with E-state index < -0.39 is 23.5 Å². The van der Waals surface area contributed by atoms with Crippen molar-refractivity contribution in [3.63, 3.8) is 0 Å². The van der Waals surface area contributed by atoms with Crippen LogP contribution in [0.15, 0.2) is 42.5 Å². The van der Waals surface area contributed by atoms with Gasteiger partial charge in [-0.2, -0.15) is 8.78 Å². The third-order valence-electron chi connectivity index (χ3n) is 4.12. The van der Waals surface area contributed by atoms with Crippen LogP contribution in [0.1, 0.15) is 29.7 Å². The van der Waals surface area contributed by atoms with E-state index >= 15 is 0 Å². The molecule has 6 heteroatoms. The van der Waals surface area contributed by atoms with Crippen LogP contribution >= 0.6 is 0 Å². The third-order valence-corrected chi connectivity index (χ3v) is 4.12. The lowest BCUT2D eigenvalue weighted by molar-refractivity contribution is -0.141. The lowest BCUT2D eigenvalue weighted by atomic mass is 9.98. The lowest BCUT2D eigenvalue weighted by Crippen LogP contribution is -2.34. The fourth-order valence-corrected chi connectivity index (χ4v) is 2.97. The maximum Gasteiger partial charge on any atom is 0.352 e. The third kappa shape index (κ3) is 2.53. The van der Waals surface area contributed by atoms with E-state index in [0.29, 0.717) is 11.3 Å². The van der Waals surface area contributed by atoms with Gasteiger partial charge in [-0.3, -0.25) is 4.79 Å². The number of alkyl halides is 2. The number of rotatable bonds is 4. The number of halogens is 2. The molecule has 1 aliphatic heterocycles. The summed E-state index contributed by atoms with van der Waals surface area (Å²) in [5.41, 5.74) is 0.465. The van der Waals surface area contributed by atoms with E-state index in [4.69, 9.17) is 4.74 Å². The first-order chi connectivity index (χ1) is 11.4. The van der Waals surface area contributed by atoms with E-state index in [1.807, 2.05) is 0 Å². The number of nitrogens with zero attached hydrogens (tertiary/aromatic N) is 1. The minimum absolute atomic E-state index is 0.00187. The molecule has 1 heterocycles. The Hall–Kier alpha value is -2.47. The Morgan fingerprint density at radius 3 is 2.62 bits per heavy atom. The maximum absolute atomic E-state index is 14.5. The van der Waals surface area contributed by atoms with Crippen LogP contribution in [0.5, 0.6) is 5.75 Å². The molecule has 126 valence electrons. The average Bonchev–Trinajstić information content (AvgIpc) is 2.76. The molecule has 0 fully saturated rings. The second-order valence-electron chi connectivity index (χ2n) is 5.73. The summed E-state index contributed by atoms with van der Waals surface area (Å²) >= 11 is 0. The Morgan fingerprint density at radius 2 is 1.96 bits per heavy atom. The van der Waals surface area contributed by atoms with Gasteiger partial charge in [0.05, 0.1) is 31.0 Å². The first-order valence-corrected chi connectivity index (χ1v) is 7.50. The molecule has 0 saturated carbocycles. The summed E-state index contributed by atoms with van der Waals surface area (Å²) in [6, 6.07) is 11.4. The molecule has 0 aromatic heterocycles. The van der Waals surface area contributed by atoms with Crippen molar-refractivity contribution in [2.75, 3.05) is 12.0 Å². The Bertz CT molecular complexity index is 790. The first kappa shape index (κ1) is 16.4. The van der Waals surface area contributed by atoms with Crippen molar-refractivity contribution < 1.29 is 23.4 Å². The number of ether oxygens (including phenoxy) is 1. The molecule has 0 unspecified atom stereocenters. The summed E-state index contributed by atoms with van der Waals surface area (Å²) in [4.78, 5) is 13.3. The highest BCUT2D eigenvalue weighted by Crippen LogP contribution is 2.47. The van der Waals surface area contributed by atoms with Crippen LogP contribution < -0.4 is 9.64 Å². The van der Waals surface area contributed by atoms with Gasteiger partial charge in [0.15, 0.2) is 0 Å². The predicted octanol–water partition coefficient (Wildman–Crippen LogP) is 3.39. The smallest absolute Gasteiger partial charge is 0.352 e. The Balaban J connectivity index is 2.05. The van der Waals surface area contributed by atoms with Gasteiger partial charge in [0, 0.05) is 0 Å². The van der Waals surface area contributed by atoms with Crippen LogP contribution in [0.2, 0.25) is 0 Å². The number of carbonyl (C=O) groups excluding carboxylic acids is 1. The Labute approximate surface area is 138 Å². The van der Waals surface area contributed by atoms with Gasteiger partial charge in [0.25, 0.3) is 0 Å². The number of hydrogen-bond donors (Lipinski definition) is 1. The molecule has 0 saturated heterocycles. The van der Waals surface area contributed by atoms with Crippen LogP contribution in [0, 0.1) is 0 Å². The highest BCUT2D eigenvalue weighted by Gasteiger charge is 2.54. The number of carbonyl (C=O) groups is 1. The minimum atomic E-state index is -3.65. The summed E-state index contributed by atoms with van der Waals surface area (Å²) < 4.78 is 34.2. The minimum Gasteiger partial charge on any atom is -0.497 e. The zero-order valence-electron chi connectivity index (χ0n) is 13.3. The van der Waals surface area contributed by atoms with E-state index in [1.165, 1.54) is 26.2 Å². The maximum atomic E-state index is 14.5. The SMILES string of the molecule is COc1cccc(CN2C(=O)C(F)(F)c3c([C@H](C)O)cccc32)c1. The molecule has 1 atom stereocenters. The summed E-state index contributed by atoms with van der Waals surface area (Å²) in [5.74, 6) is -4.35. The van der Waals surface area contributed by atoms with Crippen molar-refractivity contribution >= 4 is 11.6 Å². The van der Waals surface area contributed by atoms with E-state index in [-0.39, 0.29) is 17.8 Å². The van der Waals surface area contributed by atoms with Crippen molar-refractivity contribution in [1.29, 1.82) is 0 Å². The molecule has 1 amide bonds. The molecule has 0 spiro atoms. The van der Waals surface area contributed by atoms with Gasteiger partial charge in [-0.1, -0.05) is 24.3 Å². The molecule has 4 nitrogen and oxygen atoms in total. The van der Waals surface area contributed by atoms with Crippen LogP contribution in [-0.4, -0.2) is 18.1 Å². The molecule has 24 heavy (non-hydrogen) atoms. The summed E-state index contributed by atoms with van der Waals surface area (Å²) in [5, 5.41) is 9.77. The molecule has 0 aliphatic carbocycles. The van der Waals surface area contributed by atoms with Gasteiger partial charge >= 0.3 is 11.8 Å². The quantitative estimate of drug-likeness (QED) is 0.933. The van der Waals surface area contributed by atoms with Gasteiger partial charge < -0.3 is 14.7 Å². The standard InChI is InChI=1S/C18H17F2NO3/c1-11(22)14-7-4-8-15-16(14)18(19,20)17(23)21(15)10-12-5-3-6-13(9-12)24-2/h3-9,11,22H,10H2,1-2H3/t11-/m0/s1. The lowest BCUT2D eigenvalue weighted by Gasteiger charge is -2.18. The van der Waals surface area contributed by atoms with E-state index in [1.54, 1.807) is 30.3 Å². The fourth-order valence-electron chi connectivity index (χ4n) is 2.97. The number of methoxy groups -OCH3 is 1. The number of aliphatic hydroxyl groups is 1. The fraction of sp³-hybridized carbons (Fsp3) is 0.278. The first-order valence-electron chi connectivity index (χ1n) is 7.50. The summed E-state index contributed by atoms with van der Waals surface area (Å²) in [6.45, 7) is 1.41. The molecule has 0 radical (unpaired) electrons. The van der Waals surface area contributed by atoms with Crippen molar-refractivity contribution in [1.82, 2.24) is 0 Å². The second kappa shape index (κ2) is 5.87. The van der Waals surface area contributed by atoms with E-state index in [2.05, 4.69) is 0 Å². The summed E-state index contributed by atoms with van der Waals surface area (Å²) in [6.07, 6.45) is -1.09. The molecular formula is C18H17F2NO3. The molecular weight excluding hydrogens is 316 g/mol. The van der Waals surface area contributed by atoms with Gasteiger partial charge in [-0.15, -0.1) is 0 Å². The number of benzene rings is 2. The van der Waals surface area contributed by atoms with Crippen molar-refractivity contribution in [3.8, 4) is 5.75 Å². The normalized spacial score (nSPS) is 16.9. The van der Waals surface area contributed by atoms with Gasteiger partial charge in [0.2, 0.25) is 0 Å². The number of aliphatic hydroxyl groups excluding tert-OH is 1. The van der Waals surface area contributed by atoms with Gasteiger partial charge in [-0.05, 0) is 36.2 Å². The zero-order chi connectivity index (χ0) is 17.5. The predicted molar refractivity (Wildman–Crippen MR) is 85.2 cm³/mol. The molecule has 2 aromatic rings. The molecule has 1 aliphatic rings. The molecule has 2 aromatic carbocycles. The van der Waals surface area contributed by atoms with Crippen molar-refractivity contribution in [2.24, 2.45) is 0 Å².